The first-order valence-corrected chi connectivity index (χ1v) is 2.63. The summed E-state index contributed by atoms with van der Waals surface area (Å²) in [6.45, 7) is 0. The minimum atomic E-state index is 0.692. The van der Waals surface area contributed by atoms with Crippen molar-refractivity contribution in [1.82, 2.24) is 4.98 Å². The van der Waals surface area contributed by atoms with Crippen LogP contribution in [-0.2, 0) is 0 Å². The Balaban J connectivity index is 2.85. The summed E-state index contributed by atoms with van der Waals surface area (Å²) in [5.74, 6) is 0. The van der Waals surface area contributed by atoms with Crippen LogP contribution in [0.3, 0.4) is 0 Å². The lowest BCUT2D eigenvalue weighted by atomic mass is 10.4. The van der Waals surface area contributed by atoms with Gasteiger partial charge in [-0.05, 0) is 12.1 Å². The number of aromatic nitrogens is 1. The number of nitrogens with zero attached hydrogens (tertiary/aromatic N) is 2. The fourth-order valence-electron chi connectivity index (χ4n) is 0.545. The van der Waals surface area contributed by atoms with Crippen LogP contribution in [0, 0.1) is 0 Å². The Hall–Kier alpha value is -1.09. The Labute approximate surface area is 53.5 Å². The molecule has 0 aliphatic rings. The molecule has 0 unspecified atom stereocenters. The number of rotatable bonds is 1. The van der Waals surface area contributed by atoms with Gasteiger partial charge in [-0.2, -0.15) is 0 Å². The molecule has 0 fully saturated rings. The first-order chi connectivity index (χ1) is 4.30. The maximum absolute atomic E-state index is 8.82. The van der Waals surface area contributed by atoms with Gasteiger partial charge in [0.2, 0.25) is 0 Å². The van der Waals surface area contributed by atoms with Crippen molar-refractivity contribution in [2.75, 3.05) is 12.1 Å². The Morgan fingerprint density at radius 2 is 2.44 bits per heavy atom. The van der Waals surface area contributed by atoms with Gasteiger partial charge in [0.1, 0.15) is 0 Å². The Bertz CT molecular complexity index is 174. The lowest BCUT2D eigenvalue weighted by molar-refractivity contribution is 0.279. The third kappa shape index (κ3) is 1.40. The highest BCUT2D eigenvalue weighted by molar-refractivity contribution is 5.38. The zero-order chi connectivity index (χ0) is 6.69. The molecule has 0 radical (unpaired) electrons. The van der Waals surface area contributed by atoms with Crippen LogP contribution in [0.15, 0.2) is 24.5 Å². The van der Waals surface area contributed by atoms with E-state index in [4.69, 9.17) is 5.21 Å². The second kappa shape index (κ2) is 2.46. The van der Waals surface area contributed by atoms with Gasteiger partial charge < -0.3 is 0 Å². The number of pyridine rings is 1. The van der Waals surface area contributed by atoms with Crippen molar-refractivity contribution < 1.29 is 5.21 Å². The molecular weight excluding hydrogens is 116 g/mol. The molecule has 1 aromatic rings. The molecule has 0 saturated carbocycles. The summed E-state index contributed by atoms with van der Waals surface area (Å²) in [6, 6.07) is 3.54. The number of hydrogen-bond donors (Lipinski definition) is 1. The molecule has 0 bridgehead atoms. The minimum absolute atomic E-state index is 0.692. The standard InChI is InChI=1S/C6H8N2O/c1-8(9)6-3-2-4-7-5-6/h2-5,9H,1H3. The van der Waals surface area contributed by atoms with Gasteiger partial charge in [-0.3, -0.25) is 15.3 Å². The maximum Gasteiger partial charge on any atom is 0.0813 e. The maximum atomic E-state index is 8.82. The van der Waals surface area contributed by atoms with Crippen molar-refractivity contribution >= 4 is 5.69 Å². The van der Waals surface area contributed by atoms with Gasteiger partial charge in [0, 0.05) is 13.2 Å². The van der Waals surface area contributed by atoms with Crippen molar-refractivity contribution in [3.63, 3.8) is 0 Å². The molecule has 0 aliphatic heterocycles. The molecule has 3 heteroatoms. The molecule has 1 heterocycles. The first kappa shape index (κ1) is 6.04. The predicted octanol–water partition coefficient (Wildman–Crippen LogP) is 0.907. The minimum Gasteiger partial charge on any atom is -0.289 e. The van der Waals surface area contributed by atoms with Crippen LogP contribution in [0.5, 0.6) is 0 Å². The van der Waals surface area contributed by atoms with Crippen molar-refractivity contribution in [2.24, 2.45) is 0 Å². The zero-order valence-corrected chi connectivity index (χ0v) is 5.15. The van der Waals surface area contributed by atoms with Crippen molar-refractivity contribution in [3.8, 4) is 0 Å². The Morgan fingerprint density at radius 1 is 1.67 bits per heavy atom. The van der Waals surface area contributed by atoms with Crippen molar-refractivity contribution in [1.29, 1.82) is 0 Å². The van der Waals surface area contributed by atoms with Crippen molar-refractivity contribution in [2.45, 2.75) is 0 Å². The van der Waals surface area contributed by atoms with Crippen LogP contribution >= 0.6 is 0 Å². The van der Waals surface area contributed by atoms with E-state index in [0.717, 1.165) is 5.06 Å². The fraction of sp³-hybridized carbons (Fsp3) is 0.167. The van der Waals surface area contributed by atoms with Gasteiger partial charge in [0.15, 0.2) is 0 Å². The molecular formula is C6H8N2O. The molecule has 0 atom stereocenters. The molecule has 1 N–H and O–H groups in total. The SMILES string of the molecule is CN(O)c1cccnc1. The largest absolute Gasteiger partial charge is 0.289 e. The highest BCUT2D eigenvalue weighted by Crippen LogP contribution is 2.04. The van der Waals surface area contributed by atoms with Crippen LogP contribution in [0.2, 0.25) is 0 Å². The second-order valence-corrected chi connectivity index (χ2v) is 1.73. The van der Waals surface area contributed by atoms with Crippen LogP contribution < -0.4 is 5.06 Å². The summed E-state index contributed by atoms with van der Waals surface area (Å²) in [4.78, 5) is 3.80. The normalized spacial score (nSPS) is 9.11. The van der Waals surface area contributed by atoms with E-state index in [1.54, 1.807) is 31.6 Å². The molecule has 3 nitrogen and oxygen atoms in total. The molecule has 0 saturated heterocycles. The van der Waals surface area contributed by atoms with E-state index in [0.29, 0.717) is 5.69 Å². The molecule has 0 aromatic carbocycles. The first-order valence-electron chi connectivity index (χ1n) is 2.63. The summed E-state index contributed by atoms with van der Waals surface area (Å²) in [6.07, 6.45) is 3.24. The molecule has 1 aromatic heterocycles. The van der Waals surface area contributed by atoms with Gasteiger partial charge in [-0.25, -0.2) is 0 Å². The summed E-state index contributed by atoms with van der Waals surface area (Å²) in [5.41, 5.74) is 0.692. The van der Waals surface area contributed by atoms with Gasteiger partial charge in [-0.15, -0.1) is 0 Å². The lowest BCUT2D eigenvalue weighted by Crippen LogP contribution is -2.09. The van der Waals surface area contributed by atoms with Crippen LogP contribution in [-0.4, -0.2) is 17.2 Å². The summed E-state index contributed by atoms with van der Waals surface area (Å²) in [5, 5.41) is 9.84. The fourth-order valence-corrected chi connectivity index (χ4v) is 0.545. The molecule has 0 amide bonds. The number of hydrogen-bond acceptors (Lipinski definition) is 3. The van der Waals surface area contributed by atoms with Gasteiger partial charge >= 0.3 is 0 Å². The zero-order valence-electron chi connectivity index (χ0n) is 5.15. The van der Waals surface area contributed by atoms with Crippen LogP contribution in [0.4, 0.5) is 5.69 Å². The van der Waals surface area contributed by atoms with E-state index in [2.05, 4.69) is 4.98 Å². The molecule has 9 heavy (non-hydrogen) atoms. The molecule has 1 rings (SSSR count). The number of hydroxylamine groups is 1. The smallest absolute Gasteiger partial charge is 0.0813 e. The molecule has 0 spiro atoms. The second-order valence-electron chi connectivity index (χ2n) is 1.73. The van der Waals surface area contributed by atoms with E-state index in [-0.39, 0.29) is 0 Å². The van der Waals surface area contributed by atoms with E-state index in [1.165, 1.54) is 0 Å². The average molecular weight is 124 g/mol. The van der Waals surface area contributed by atoms with Crippen LogP contribution in [0.25, 0.3) is 0 Å². The average Bonchev–Trinajstić information content (AvgIpc) is 1.90. The van der Waals surface area contributed by atoms with Gasteiger partial charge in [0.25, 0.3) is 0 Å². The van der Waals surface area contributed by atoms with E-state index >= 15 is 0 Å². The summed E-state index contributed by atoms with van der Waals surface area (Å²) >= 11 is 0. The quantitative estimate of drug-likeness (QED) is 0.565. The van der Waals surface area contributed by atoms with Gasteiger partial charge in [0.05, 0.1) is 11.9 Å². The van der Waals surface area contributed by atoms with E-state index < -0.39 is 0 Å². The molecule has 0 aliphatic carbocycles. The monoisotopic (exact) mass is 124 g/mol. The third-order valence-corrected chi connectivity index (χ3v) is 1.02. The highest BCUT2D eigenvalue weighted by atomic mass is 16.5. The third-order valence-electron chi connectivity index (χ3n) is 1.02. The number of anilines is 1. The van der Waals surface area contributed by atoms with Crippen molar-refractivity contribution in [3.05, 3.63) is 24.5 Å². The summed E-state index contributed by atoms with van der Waals surface area (Å²) in [7, 11) is 1.55. The summed E-state index contributed by atoms with van der Waals surface area (Å²) < 4.78 is 0. The van der Waals surface area contributed by atoms with Gasteiger partial charge in [-0.1, -0.05) is 0 Å². The highest BCUT2D eigenvalue weighted by Gasteiger charge is 1.90. The van der Waals surface area contributed by atoms with E-state index in [9.17, 15) is 0 Å². The lowest BCUT2D eigenvalue weighted by Gasteiger charge is -2.07. The van der Waals surface area contributed by atoms with E-state index in [1.807, 2.05) is 0 Å². The molecule has 48 valence electrons. The predicted molar refractivity (Wildman–Crippen MR) is 34.4 cm³/mol. The topological polar surface area (TPSA) is 36.4 Å². The Morgan fingerprint density at radius 3 is 2.78 bits per heavy atom. The Kier molecular flexibility index (Phi) is 1.65. The van der Waals surface area contributed by atoms with Crippen LogP contribution in [0.1, 0.15) is 0 Å².